The second-order valence-corrected chi connectivity index (χ2v) is 7.93. The first-order chi connectivity index (χ1) is 11.0. The zero-order chi connectivity index (χ0) is 16.4. The minimum atomic E-state index is -2.90. The van der Waals surface area contributed by atoms with Crippen molar-refractivity contribution in [2.45, 2.75) is 19.0 Å². The summed E-state index contributed by atoms with van der Waals surface area (Å²) in [6.45, 7) is 0.434. The molecule has 1 unspecified atom stereocenters. The van der Waals surface area contributed by atoms with Gasteiger partial charge in [0.15, 0.2) is 9.84 Å². The Balaban J connectivity index is 1.67. The van der Waals surface area contributed by atoms with Gasteiger partial charge in [-0.1, -0.05) is 0 Å². The molecule has 2 aromatic rings. The average Bonchev–Trinajstić information content (AvgIpc) is 3.14. The predicted molar refractivity (Wildman–Crippen MR) is 84.8 cm³/mol. The maximum atomic E-state index is 11.6. The summed E-state index contributed by atoms with van der Waals surface area (Å²) in [7, 11) is 0.590. The molecule has 3 rings (SSSR count). The first kappa shape index (κ1) is 15.9. The van der Waals surface area contributed by atoms with Crippen molar-refractivity contribution >= 4 is 9.84 Å². The molecule has 1 aliphatic rings. The van der Waals surface area contributed by atoms with E-state index in [1.807, 2.05) is 36.2 Å². The molecule has 1 saturated heterocycles. The highest BCUT2D eigenvalue weighted by Crippen LogP contribution is 2.22. The molecule has 8 heteroatoms. The number of rotatable bonds is 5. The van der Waals surface area contributed by atoms with E-state index in [-0.39, 0.29) is 17.5 Å². The molecule has 0 radical (unpaired) electrons. The number of nitrogens with zero attached hydrogens (tertiary/aromatic N) is 3. The standard InChI is InChI=1S/C15H19N3O4S/c1-18(12-7-8-23(19,20)10-12)9-14-16-17-15(22-14)11-3-5-13(21-2)6-4-11/h3-6,12H,7-10H2,1-2H3. The molecule has 0 N–H and O–H groups in total. The van der Waals surface area contributed by atoms with E-state index in [1.54, 1.807) is 7.11 Å². The van der Waals surface area contributed by atoms with E-state index >= 15 is 0 Å². The third kappa shape index (κ3) is 3.70. The maximum absolute atomic E-state index is 11.6. The van der Waals surface area contributed by atoms with Gasteiger partial charge < -0.3 is 9.15 Å². The highest BCUT2D eigenvalue weighted by Gasteiger charge is 2.31. The van der Waals surface area contributed by atoms with Gasteiger partial charge in [0, 0.05) is 11.6 Å². The van der Waals surface area contributed by atoms with Crippen molar-refractivity contribution in [2.75, 3.05) is 25.7 Å². The number of sulfone groups is 1. The molecule has 124 valence electrons. The number of aromatic nitrogens is 2. The van der Waals surface area contributed by atoms with Crippen LogP contribution in [0.25, 0.3) is 11.5 Å². The normalized spacial score (nSPS) is 20.0. The Hall–Kier alpha value is -1.93. The SMILES string of the molecule is COc1ccc(-c2nnc(CN(C)C3CCS(=O)(=O)C3)o2)cc1. The van der Waals surface area contributed by atoms with Crippen LogP contribution in [-0.4, -0.2) is 55.2 Å². The fourth-order valence-corrected chi connectivity index (χ4v) is 4.44. The van der Waals surface area contributed by atoms with Gasteiger partial charge in [-0.25, -0.2) is 8.42 Å². The van der Waals surface area contributed by atoms with Crippen molar-refractivity contribution in [3.8, 4) is 17.2 Å². The highest BCUT2D eigenvalue weighted by molar-refractivity contribution is 7.91. The lowest BCUT2D eigenvalue weighted by atomic mass is 10.2. The van der Waals surface area contributed by atoms with Gasteiger partial charge in [-0.3, -0.25) is 4.90 Å². The molecule has 23 heavy (non-hydrogen) atoms. The summed E-state index contributed by atoms with van der Waals surface area (Å²) in [6.07, 6.45) is 0.651. The number of ether oxygens (including phenoxy) is 1. The molecule has 1 aromatic carbocycles. The quantitative estimate of drug-likeness (QED) is 0.814. The molecule has 1 fully saturated rings. The van der Waals surface area contributed by atoms with Crippen LogP contribution >= 0.6 is 0 Å². The summed E-state index contributed by atoms with van der Waals surface area (Å²) in [6, 6.07) is 7.37. The Bertz CT molecular complexity index is 770. The Kier molecular flexibility index (Phi) is 4.36. The van der Waals surface area contributed by atoms with Crippen molar-refractivity contribution in [1.82, 2.24) is 15.1 Å². The van der Waals surface area contributed by atoms with E-state index in [0.29, 0.717) is 24.7 Å². The van der Waals surface area contributed by atoms with E-state index in [0.717, 1.165) is 11.3 Å². The number of hydrogen-bond acceptors (Lipinski definition) is 7. The van der Waals surface area contributed by atoms with Crippen molar-refractivity contribution < 1.29 is 17.6 Å². The van der Waals surface area contributed by atoms with Gasteiger partial charge in [-0.2, -0.15) is 0 Å². The first-order valence-corrected chi connectivity index (χ1v) is 9.16. The summed E-state index contributed by atoms with van der Waals surface area (Å²) in [5.74, 6) is 2.12. The molecular weight excluding hydrogens is 318 g/mol. The molecule has 0 saturated carbocycles. The predicted octanol–water partition coefficient (Wildman–Crippen LogP) is 1.36. The lowest BCUT2D eigenvalue weighted by molar-refractivity contribution is 0.230. The second kappa shape index (κ2) is 6.29. The van der Waals surface area contributed by atoms with E-state index in [1.165, 1.54) is 0 Å². The fourth-order valence-electron chi connectivity index (χ4n) is 2.63. The molecule has 1 aliphatic heterocycles. The minimum Gasteiger partial charge on any atom is -0.497 e. The lowest BCUT2D eigenvalue weighted by Crippen LogP contribution is -2.32. The van der Waals surface area contributed by atoms with Gasteiger partial charge in [-0.15, -0.1) is 10.2 Å². The average molecular weight is 337 g/mol. The van der Waals surface area contributed by atoms with E-state index in [2.05, 4.69) is 10.2 Å². The van der Waals surface area contributed by atoms with Crippen LogP contribution in [0.1, 0.15) is 12.3 Å². The van der Waals surface area contributed by atoms with Gasteiger partial charge in [0.25, 0.3) is 0 Å². The van der Waals surface area contributed by atoms with Crippen molar-refractivity contribution in [2.24, 2.45) is 0 Å². The largest absolute Gasteiger partial charge is 0.497 e. The fraction of sp³-hybridized carbons (Fsp3) is 0.467. The van der Waals surface area contributed by atoms with Crippen LogP contribution < -0.4 is 4.74 Å². The smallest absolute Gasteiger partial charge is 0.247 e. The van der Waals surface area contributed by atoms with Crippen LogP contribution in [0, 0.1) is 0 Å². The Morgan fingerprint density at radius 1 is 1.30 bits per heavy atom. The number of hydrogen-bond donors (Lipinski definition) is 0. The van der Waals surface area contributed by atoms with Crippen LogP contribution in [-0.2, 0) is 16.4 Å². The summed E-state index contributed by atoms with van der Waals surface area (Å²) in [4.78, 5) is 1.95. The van der Waals surface area contributed by atoms with Gasteiger partial charge in [-0.05, 0) is 37.7 Å². The Labute approximate surface area is 135 Å². The van der Waals surface area contributed by atoms with Crippen molar-refractivity contribution in [3.05, 3.63) is 30.2 Å². The molecule has 0 amide bonds. The van der Waals surface area contributed by atoms with Gasteiger partial charge in [0.05, 0.1) is 25.2 Å². The summed E-state index contributed by atoms with van der Waals surface area (Å²) >= 11 is 0. The van der Waals surface area contributed by atoms with E-state index in [4.69, 9.17) is 9.15 Å². The lowest BCUT2D eigenvalue weighted by Gasteiger charge is -2.20. The van der Waals surface area contributed by atoms with Gasteiger partial charge in [0.1, 0.15) is 5.75 Å². The van der Waals surface area contributed by atoms with Crippen LogP contribution in [0.4, 0.5) is 0 Å². The third-order valence-corrected chi connectivity index (χ3v) is 5.77. The van der Waals surface area contributed by atoms with E-state index in [9.17, 15) is 8.42 Å². The van der Waals surface area contributed by atoms with Crippen molar-refractivity contribution in [3.63, 3.8) is 0 Å². The molecule has 2 heterocycles. The van der Waals surface area contributed by atoms with Crippen molar-refractivity contribution in [1.29, 1.82) is 0 Å². The van der Waals surface area contributed by atoms with Crippen LogP contribution in [0.3, 0.4) is 0 Å². The highest BCUT2D eigenvalue weighted by atomic mass is 32.2. The summed E-state index contributed by atoms with van der Waals surface area (Å²) < 4.78 is 33.9. The molecule has 0 aliphatic carbocycles. The van der Waals surface area contributed by atoms with E-state index < -0.39 is 9.84 Å². The number of benzene rings is 1. The Morgan fingerprint density at radius 2 is 2.04 bits per heavy atom. The zero-order valence-corrected chi connectivity index (χ0v) is 13.9. The van der Waals surface area contributed by atoms with Crippen LogP contribution in [0.15, 0.2) is 28.7 Å². The van der Waals surface area contributed by atoms with Gasteiger partial charge >= 0.3 is 0 Å². The molecule has 1 atom stereocenters. The maximum Gasteiger partial charge on any atom is 0.247 e. The minimum absolute atomic E-state index is 0.0105. The molecule has 0 bridgehead atoms. The molecule has 0 spiro atoms. The third-order valence-electron chi connectivity index (χ3n) is 4.02. The zero-order valence-electron chi connectivity index (χ0n) is 13.1. The summed E-state index contributed by atoms with van der Waals surface area (Å²) in [5.41, 5.74) is 0.815. The van der Waals surface area contributed by atoms with Crippen LogP contribution in [0.5, 0.6) is 5.75 Å². The first-order valence-electron chi connectivity index (χ1n) is 7.34. The Morgan fingerprint density at radius 3 is 2.65 bits per heavy atom. The topological polar surface area (TPSA) is 85.5 Å². The summed E-state index contributed by atoms with van der Waals surface area (Å²) in [5, 5.41) is 8.09. The van der Waals surface area contributed by atoms with Gasteiger partial charge in [0.2, 0.25) is 11.8 Å². The van der Waals surface area contributed by atoms with Crippen LogP contribution in [0.2, 0.25) is 0 Å². The number of methoxy groups -OCH3 is 1. The monoisotopic (exact) mass is 337 g/mol. The molecule has 1 aromatic heterocycles. The molecular formula is C15H19N3O4S. The second-order valence-electron chi connectivity index (χ2n) is 5.70. The molecule has 7 nitrogen and oxygen atoms in total.